The molecule has 0 nitrogen and oxygen atoms in total. The molecule has 4 heteroatoms. The molecule has 1 aromatic rings. The summed E-state index contributed by atoms with van der Waals surface area (Å²) in [6.45, 7) is 0.949. The highest BCUT2D eigenvalue weighted by molar-refractivity contribution is 5.19. The van der Waals surface area contributed by atoms with Crippen LogP contribution < -0.4 is 0 Å². The number of halogens is 4. The molecule has 11 heavy (non-hydrogen) atoms. The molecule has 0 bridgehead atoms. The molecule has 0 atom stereocenters. The van der Waals surface area contributed by atoms with E-state index < -0.39 is 28.8 Å². The van der Waals surface area contributed by atoms with E-state index in [0.717, 1.165) is 6.92 Å². The maximum atomic E-state index is 12.4. The van der Waals surface area contributed by atoms with Gasteiger partial charge < -0.3 is 0 Å². The molecule has 1 radical (unpaired) electrons. The predicted octanol–water partition coefficient (Wildman–Crippen LogP) is 2.35. The summed E-state index contributed by atoms with van der Waals surface area (Å²) >= 11 is 0. The zero-order chi connectivity index (χ0) is 8.59. The second-order valence-electron chi connectivity index (χ2n) is 2.01. The quantitative estimate of drug-likeness (QED) is 0.406. The molecule has 0 aromatic heterocycles. The zero-order valence-electron chi connectivity index (χ0n) is 5.51. The third-order valence-electron chi connectivity index (χ3n) is 1.26. The molecule has 0 unspecified atom stereocenters. The van der Waals surface area contributed by atoms with Gasteiger partial charge in [0, 0.05) is 5.56 Å². The third kappa shape index (κ3) is 1.20. The van der Waals surface area contributed by atoms with E-state index in [-0.39, 0.29) is 0 Å². The number of hydrogen-bond acceptors (Lipinski definition) is 0. The van der Waals surface area contributed by atoms with Crippen molar-refractivity contribution >= 4 is 0 Å². The summed E-state index contributed by atoms with van der Waals surface area (Å²) in [6.07, 6.45) is 0. The van der Waals surface area contributed by atoms with Crippen molar-refractivity contribution < 1.29 is 17.6 Å². The van der Waals surface area contributed by atoms with E-state index in [4.69, 9.17) is 0 Å². The molecule has 0 aliphatic heterocycles. The van der Waals surface area contributed by atoms with Gasteiger partial charge in [-0.25, -0.2) is 17.6 Å². The normalized spacial score (nSPS) is 10.3. The second kappa shape index (κ2) is 2.53. The van der Waals surface area contributed by atoms with E-state index in [9.17, 15) is 17.6 Å². The first-order valence-electron chi connectivity index (χ1n) is 2.76. The largest absolute Gasteiger partial charge is 0.203 e. The summed E-state index contributed by atoms with van der Waals surface area (Å²) in [5, 5.41) is 0. The van der Waals surface area contributed by atoms with E-state index in [1.807, 2.05) is 0 Å². The summed E-state index contributed by atoms with van der Waals surface area (Å²) in [6, 6.07) is 1.26. The van der Waals surface area contributed by atoms with Gasteiger partial charge in [-0.3, -0.25) is 0 Å². The van der Waals surface area contributed by atoms with E-state index in [0.29, 0.717) is 0 Å². The Morgan fingerprint density at radius 1 is 0.909 bits per heavy atom. The topological polar surface area (TPSA) is 0 Å². The van der Waals surface area contributed by atoms with Crippen molar-refractivity contribution in [1.82, 2.24) is 0 Å². The van der Waals surface area contributed by atoms with Crippen molar-refractivity contribution in [3.63, 3.8) is 0 Å². The summed E-state index contributed by atoms with van der Waals surface area (Å²) in [5.74, 6) is -5.80. The Bertz CT molecular complexity index is 267. The fourth-order valence-electron chi connectivity index (χ4n) is 0.632. The Labute approximate surface area is 60.5 Å². The van der Waals surface area contributed by atoms with Gasteiger partial charge in [0.05, 0.1) is 6.07 Å². The van der Waals surface area contributed by atoms with Gasteiger partial charge in [0.2, 0.25) is 0 Å². The van der Waals surface area contributed by atoms with E-state index in [1.54, 1.807) is 0 Å². The Balaban J connectivity index is 3.46. The number of rotatable bonds is 0. The molecule has 59 valence electrons. The van der Waals surface area contributed by atoms with Crippen LogP contribution in [0.2, 0.25) is 0 Å². The summed E-state index contributed by atoms with van der Waals surface area (Å²) < 4.78 is 49.1. The van der Waals surface area contributed by atoms with Crippen molar-refractivity contribution in [2.45, 2.75) is 6.92 Å². The van der Waals surface area contributed by atoms with Gasteiger partial charge in [-0.05, 0) is 6.92 Å². The highest BCUT2D eigenvalue weighted by atomic mass is 19.2. The number of hydrogen-bond donors (Lipinski definition) is 0. The minimum Gasteiger partial charge on any atom is -0.203 e. The highest BCUT2D eigenvalue weighted by Gasteiger charge is 2.15. The Hall–Kier alpha value is -1.06. The van der Waals surface area contributed by atoms with Crippen molar-refractivity contribution in [1.29, 1.82) is 0 Å². The van der Waals surface area contributed by atoms with Crippen LogP contribution in [-0.4, -0.2) is 0 Å². The van der Waals surface area contributed by atoms with E-state index in [2.05, 4.69) is 0 Å². The Morgan fingerprint density at radius 3 is 1.64 bits per heavy atom. The molecule has 0 aliphatic rings. The summed E-state index contributed by atoms with van der Waals surface area (Å²) in [7, 11) is 0. The van der Waals surface area contributed by atoms with Gasteiger partial charge in [-0.15, -0.1) is 0 Å². The van der Waals surface area contributed by atoms with Crippen molar-refractivity contribution in [3.8, 4) is 0 Å². The zero-order valence-corrected chi connectivity index (χ0v) is 5.51. The van der Waals surface area contributed by atoms with Crippen molar-refractivity contribution in [2.75, 3.05) is 0 Å². The van der Waals surface area contributed by atoms with Crippen LogP contribution in [0.1, 0.15) is 5.56 Å². The number of benzene rings is 1. The fourth-order valence-corrected chi connectivity index (χ4v) is 0.632. The molecule has 1 rings (SSSR count). The van der Waals surface area contributed by atoms with E-state index in [1.165, 1.54) is 6.07 Å². The minimum atomic E-state index is -1.50. The lowest BCUT2D eigenvalue weighted by Crippen LogP contribution is -1.97. The standard InChI is InChI=1S/C7H3F4/c1-3-6(10)4(8)2-5(9)7(3)11/h1H3. The summed E-state index contributed by atoms with van der Waals surface area (Å²) in [5.41, 5.74) is -0.668. The lowest BCUT2D eigenvalue weighted by Gasteiger charge is -1.99. The first-order chi connectivity index (χ1) is 5.04. The smallest absolute Gasteiger partial charge is 0.170 e. The van der Waals surface area contributed by atoms with Crippen LogP contribution in [0.25, 0.3) is 0 Å². The minimum absolute atomic E-state index is 0.668. The maximum Gasteiger partial charge on any atom is 0.170 e. The average Bonchev–Trinajstić information content (AvgIpc) is 1.97. The van der Waals surface area contributed by atoms with Crippen LogP contribution in [0.3, 0.4) is 0 Å². The predicted molar refractivity (Wildman–Crippen MR) is 29.8 cm³/mol. The third-order valence-corrected chi connectivity index (χ3v) is 1.26. The molecule has 0 amide bonds. The molecule has 0 fully saturated rings. The van der Waals surface area contributed by atoms with Gasteiger partial charge >= 0.3 is 0 Å². The molecule has 1 aromatic carbocycles. The fraction of sp³-hybridized carbons (Fsp3) is 0.143. The lowest BCUT2D eigenvalue weighted by molar-refractivity contribution is 0.442. The molecule has 0 heterocycles. The maximum absolute atomic E-state index is 12.4. The molecule has 0 N–H and O–H groups in total. The second-order valence-corrected chi connectivity index (χ2v) is 2.01. The highest BCUT2D eigenvalue weighted by Crippen LogP contribution is 2.16. The van der Waals surface area contributed by atoms with Gasteiger partial charge in [0.1, 0.15) is 0 Å². The van der Waals surface area contributed by atoms with E-state index >= 15 is 0 Å². The molecule has 0 spiro atoms. The molecule has 0 saturated carbocycles. The van der Waals surface area contributed by atoms with Crippen molar-refractivity contribution in [2.24, 2.45) is 0 Å². The van der Waals surface area contributed by atoms with Gasteiger partial charge in [0.25, 0.3) is 0 Å². The first-order valence-corrected chi connectivity index (χ1v) is 2.76. The van der Waals surface area contributed by atoms with Crippen molar-refractivity contribution in [3.05, 3.63) is 34.9 Å². The monoisotopic (exact) mass is 163 g/mol. The molecule has 0 saturated heterocycles. The van der Waals surface area contributed by atoms with Crippen LogP contribution in [0.15, 0.2) is 0 Å². The summed E-state index contributed by atoms with van der Waals surface area (Å²) in [4.78, 5) is 0. The lowest BCUT2D eigenvalue weighted by atomic mass is 10.2. The molecular formula is C7H3F4. The van der Waals surface area contributed by atoms with Crippen LogP contribution in [0.5, 0.6) is 0 Å². The van der Waals surface area contributed by atoms with Crippen LogP contribution >= 0.6 is 0 Å². The molecular weight excluding hydrogens is 160 g/mol. The molecule has 0 aliphatic carbocycles. The van der Waals surface area contributed by atoms with Gasteiger partial charge in [-0.2, -0.15) is 0 Å². The van der Waals surface area contributed by atoms with Gasteiger partial charge in [-0.1, -0.05) is 0 Å². The Kier molecular flexibility index (Phi) is 1.85. The average molecular weight is 163 g/mol. The van der Waals surface area contributed by atoms with Crippen LogP contribution in [-0.2, 0) is 0 Å². The Morgan fingerprint density at radius 2 is 1.27 bits per heavy atom. The SMILES string of the molecule is Cc1c(F)c(F)[c]c(F)c1F. The van der Waals surface area contributed by atoms with Crippen LogP contribution in [0, 0.1) is 36.3 Å². The van der Waals surface area contributed by atoms with Gasteiger partial charge in [0.15, 0.2) is 23.3 Å². The first kappa shape index (κ1) is 8.04. The van der Waals surface area contributed by atoms with Crippen LogP contribution in [0.4, 0.5) is 17.6 Å².